The van der Waals surface area contributed by atoms with Gasteiger partial charge in [-0.25, -0.2) is 0 Å². The fourth-order valence-corrected chi connectivity index (χ4v) is 1.57. The minimum atomic E-state index is 0.343. The molecule has 0 saturated heterocycles. The molecule has 1 aromatic carbocycles. The molecule has 0 unspecified atom stereocenters. The van der Waals surface area contributed by atoms with Crippen molar-refractivity contribution in [2.24, 2.45) is 0 Å². The van der Waals surface area contributed by atoms with Crippen LogP contribution in [0.15, 0.2) is 36.4 Å². The van der Waals surface area contributed by atoms with E-state index in [0.717, 1.165) is 5.69 Å². The van der Waals surface area contributed by atoms with Crippen LogP contribution in [-0.2, 0) is 0 Å². The summed E-state index contributed by atoms with van der Waals surface area (Å²) in [5.74, 6) is 0.636. The summed E-state index contributed by atoms with van der Waals surface area (Å²) in [6, 6.07) is 12.9. The van der Waals surface area contributed by atoms with Crippen molar-refractivity contribution >= 4 is 23.1 Å². The number of anilines is 2. The molecule has 0 aliphatic rings. The molecule has 0 aliphatic heterocycles. The van der Waals surface area contributed by atoms with Crippen LogP contribution in [0.5, 0.6) is 0 Å². The van der Waals surface area contributed by atoms with Crippen molar-refractivity contribution in [2.75, 3.05) is 11.9 Å². The lowest BCUT2D eigenvalue weighted by Crippen LogP contribution is -2.13. The summed E-state index contributed by atoms with van der Waals surface area (Å²) in [7, 11) is 1.83. The molecular formula is C12H9ClN4. The predicted molar refractivity (Wildman–Crippen MR) is 66.3 cm³/mol. The molecule has 0 N–H and O–H groups in total. The monoisotopic (exact) mass is 244 g/mol. The van der Waals surface area contributed by atoms with Gasteiger partial charge in [-0.15, -0.1) is 10.2 Å². The summed E-state index contributed by atoms with van der Waals surface area (Å²) in [5.41, 5.74) is 1.37. The molecule has 4 nitrogen and oxygen atoms in total. The highest BCUT2D eigenvalue weighted by Crippen LogP contribution is 2.24. The number of nitriles is 1. The molecule has 0 saturated carbocycles. The highest BCUT2D eigenvalue weighted by atomic mass is 35.5. The van der Waals surface area contributed by atoms with Gasteiger partial charge in [0.15, 0.2) is 11.0 Å². The maximum atomic E-state index is 9.02. The first kappa shape index (κ1) is 11.4. The van der Waals surface area contributed by atoms with Crippen LogP contribution in [0.3, 0.4) is 0 Å². The van der Waals surface area contributed by atoms with Gasteiger partial charge in [0.1, 0.15) is 6.07 Å². The zero-order valence-electron chi connectivity index (χ0n) is 9.13. The Kier molecular flexibility index (Phi) is 3.22. The van der Waals surface area contributed by atoms with Crippen LogP contribution >= 0.6 is 11.6 Å². The van der Waals surface area contributed by atoms with Crippen LogP contribution in [0.25, 0.3) is 0 Å². The first-order chi connectivity index (χ1) is 8.22. The highest BCUT2D eigenvalue weighted by molar-refractivity contribution is 6.29. The van der Waals surface area contributed by atoms with Gasteiger partial charge in [0.05, 0.1) is 11.3 Å². The Balaban J connectivity index is 2.40. The van der Waals surface area contributed by atoms with Gasteiger partial charge < -0.3 is 4.90 Å². The van der Waals surface area contributed by atoms with E-state index in [1.807, 2.05) is 25.2 Å². The van der Waals surface area contributed by atoms with E-state index in [9.17, 15) is 0 Å². The quantitative estimate of drug-likeness (QED) is 0.815. The molecule has 5 heteroatoms. The van der Waals surface area contributed by atoms with Gasteiger partial charge in [-0.2, -0.15) is 5.26 Å². The molecule has 0 aliphatic carbocycles. The smallest absolute Gasteiger partial charge is 0.155 e. The third-order valence-electron chi connectivity index (χ3n) is 2.35. The van der Waals surface area contributed by atoms with Gasteiger partial charge in [-0.1, -0.05) is 23.7 Å². The van der Waals surface area contributed by atoms with Crippen molar-refractivity contribution in [3.63, 3.8) is 0 Å². The molecule has 2 rings (SSSR count). The number of hydrogen-bond acceptors (Lipinski definition) is 4. The van der Waals surface area contributed by atoms with Crippen LogP contribution in [0.1, 0.15) is 5.56 Å². The summed E-state index contributed by atoms with van der Waals surface area (Å²) in [6.45, 7) is 0. The number of rotatable bonds is 2. The number of para-hydroxylation sites is 1. The van der Waals surface area contributed by atoms with Crippen LogP contribution in [0, 0.1) is 11.3 Å². The fourth-order valence-electron chi connectivity index (χ4n) is 1.47. The van der Waals surface area contributed by atoms with Gasteiger partial charge in [-0.3, -0.25) is 0 Å². The van der Waals surface area contributed by atoms with E-state index in [4.69, 9.17) is 16.9 Å². The Morgan fingerprint density at radius 2 is 1.94 bits per heavy atom. The van der Waals surface area contributed by atoms with Crippen molar-refractivity contribution in [2.45, 2.75) is 0 Å². The first-order valence-electron chi connectivity index (χ1n) is 4.94. The summed E-state index contributed by atoms with van der Waals surface area (Å²) >= 11 is 5.68. The number of nitrogens with zero attached hydrogens (tertiary/aromatic N) is 4. The number of benzene rings is 1. The van der Waals surface area contributed by atoms with Crippen molar-refractivity contribution < 1.29 is 0 Å². The Labute approximate surface area is 104 Å². The van der Waals surface area contributed by atoms with E-state index < -0.39 is 0 Å². The van der Waals surface area contributed by atoms with Crippen molar-refractivity contribution in [3.05, 3.63) is 47.1 Å². The van der Waals surface area contributed by atoms with Gasteiger partial charge in [-0.05, 0) is 24.3 Å². The third-order valence-corrected chi connectivity index (χ3v) is 2.55. The van der Waals surface area contributed by atoms with Crippen molar-refractivity contribution in [3.8, 4) is 6.07 Å². The van der Waals surface area contributed by atoms with E-state index in [1.165, 1.54) is 0 Å². The van der Waals surface area contributed by atoms with Crippen LogP contribution in [0.4, 0.5) is 11.5 Å². The minimum Gasteiger partial charge on any atom is -0.327 e. The molecule has 1 aromatic heterocycles. The average molecular weight is 245 g/mol. The van der Waals surface area contributed by atoms with E-state index in [-0.39, 0.29) is 0 Å². The third kappa shape index (κ3) is 2.35. The highest BCUT2D eigenvalue weighted by Gasteiger charge is 2.09. The van der Waals surface area contributed by atoms with Gasteiger partial charge in [0.2, 0.25) is 0 Å². The summed E-state index contributed by atoms with van der Waals surface area (Å²) in [4.78, 5) is 1.79. The lowest BCUT2D eigenvalue weighted by molar-refractivity contribution is 0.987. The average Bonchev–Trinajstić information content (AvgIpc) is 2.39. The maximum Gasteiger partial charge on any atom is 0.155 e. The van der Waals surface area contributed by atoms with E-state index >= 15 is 0 Å². The van der Waals surface area contributed by atoms with Crippen molar-refractivity contribution in [1.82, 2.24) is 10.2 Å². The van der Waals surface area contributed by atoms with Gasteiger partial charge in [0.25, 0.3) is 0 Å². The molecule has 0 amide bonds. The minimum absolute atomic E-state index is 0.343. The molecule has 0 radical (unpaired) electrons. The van der Waals surface area contributed by atoms with Crippen LogP contribution in [-0.4, -0.2) is 17.2 Å². The molecule has 0 atom stereocenters. The Morgan fingerprint density at radius 1 is 1.18 bits per heavy atom. The topological polar surface area (TPSA) is 52.8 Å². The number of aromatic nitrogens is 2. The Hall–Kier alpha value is -2.12. The molecule has 0 bridgehead atoms. The van der Waals surface area contributed by atoms with Crippen LogP contribution in [0.2, 0.25) is 5.15 Å². The number of hydrogen-bond donors (Lipinski definition) is 0. The SMILES string of the molecule is CN(c1ccc(Cl)nn1)c1ccccc1C#N. The second-order valence-corrected chi connectivity index (χ2v) is 3.79. The van der Waals surface area contributed by atoms with E-state index in [0.29, 0.717) is 16.5 Å². The standard InChI is InChI=1S/C12H9ClN4/c1-17(12-7-6-11(13)15-16-12)10-5-3-2-4-9(10)8-14/h2-7H,1H3. The molecule has 0 fully saturated rings. The predicted octanol–water partition coefficient (Wildman–Crippen LogP) is 2.77. The Bertz CT molecular complexity index is 559. The lowest BCUT2D eigenvalue weighted by atomic mass is 10.2. The molecule has 17 heavy (non-hydrogen) atoms. The van der Waals surface area contributed by atoms with Gasteiger partial charge in [0, 0.05) is 7.05 Å². The summed E-state index contributed by atoms with van der Waals surface area (Å²) < 4.78 is 0. The van der Waals surface area contributed by atoms with E-state index in [2.05, 4.69) is 16.3 Å². The second kappa shape index (κ2) is 4.81. The molecule has 0 spiro atoms. The summed E-state index contributed by atoms with van der Waals surface area (Å²) in [6.07, 6.45) is 0. The summed E-state index contributed by atoms with van der Waals surface area (Å²) in [5, 5.41) is 17.1. The maximum absolute atomic E-state index is 9.02. The Morgan fingerprint density at radius 3 is 2.59 bits per heavy atom. The van der Waals surface area contributed by atoms with E-state index in [1.54, 1.807) is 23.1 Å². The second-order valence-electron chi connectivity index (χ2n) is 3.40. The lowest BCUT2D eigenvalue weighted by Gasteiger charge is -2.18. The molecule has 2 aromatic rings. The fraction of sp³-hybridized carbons (Fsp3) is 0.0833. The normalized spacial score (nSPS) is 9.71. The molecular weight excluding hydrogens is 236 g/mol. The first-order valence-corrected chi connectivity index (χ1v) is 5.32. The zero-order chi connectivity index (χ0) is 12.3. The largest absolute Gasteiger partial charge is 0.327 e. The van der Waals surface area contributed by atoms with Crippen molar-refractivity contribution in [1.29, 1.82) is 5.26 Å². The zero-order valence-corrected chi connectivity index (χ0v) is 9.89. The molecule has 84 valence electrons. The van der Waals surface area contributed by atoms with Gasteiger partial charge >= 0.3 is 0 Å². The molecule has 1 heterocycles. The number of halogens is 1. The van der Waals surface area contributed by atoms with Crippen LogP contribution < -0.4 is 4.90 Å².